The third kappa shape index (κ3) is 2.36. The summed E-state index contributed by atoms with van der Waals surface area (Å²) in [5, 5.41) is 0. The maximum Gasteiger partial charge on any atom is 0.0871 e. The third-order valence-electron chi connectivity index (χ3n) is 2.76. The number of hydrogen-bond acceptors (Lipinski definition) is 1. The van der Waals surface area contributed by atoms with Gasteiger partial charge in [-0.25, -0.2) is 0 Å². The topological polar surface area (TPSA) is 9.23 Å². The molecule has 0 fully saturated rings. The Bertz CT molecular complexity index is 300. The minimum absolute atomic E-state index is 0.190. The molecule has 0 spiro atoms. The second kappa shape index (κ2) is 4.14. The van der Waals surface area contributed by atoms with Gasteiger partial charge in [0.2, 0.25) is 0 Å². The molecule has 14 heavy (non-hydrogen) atoms. The summed E-state index contributed by atoms with van der Waals surface area (Å²) in [7, 11) is 1.75. The molecule has 0 aliphatic heterocycles. The second-order valence-corrected chi connectivity index (χ2v) is 4.49. The maximum absolute atomic E-state index is 5.46. The number of rotatable bonds is 3. The van der Waals surface area contributed by atoms with Gasteiger partial charge in [-0.2, -0.15) is 0 Å². The number of hydrogen-bond donors (Lipinski definition) is 0. The van der Waals surface area contributed by atoms with E-state index in [4.69, 9.17) is 4.74 Å². The van der Waals surface area contributed by atoms with Crippen LogP contribution < -0.4 is 0 Å². The second-order valence-electron chi connectivity index (χ2n) is 4.49. The van der Waals surface area contributed by atoms with Gasteiger partial charge in [0.15, 0.2) is 0 Å². The first-order chi connectivity index (χ1) is 6.47. The highest BCUT2D eigenvalue weighted by Gasteiger charge is 2.19. The van der Waals surface area contributed by atoms with Crippen molar-refractivity contribution in [2.24, 2.45) is 0 Å². The molecule has 0 radical (unpaired) electrons. The number of ether oxygens (including phenoxy) is 1. The standard InChI is InChI=1S/C13H20O/c1-10(2)11-7-6-8-12(9-11)13(3,4)14-5/h6-10H,1-5H3. The van der Waals surface area contributed by atoms with Crippen LogP contribution >= 0.6 is 0 Å². The molecule has 0 heterocycles. The molecule has 1 aromatic rings. The molecule has 0 unspecified atom stereocenters. The van der Waals surface area contributed by atoms with Crippen molar-refractivity contribution in [3.63, 3.8) is 0 Å². The summed E-state index contributed by atoms with van der Waals surface area (Å²) in [5.41, 5.74) is 2.42. The lowest BCUT2D eigenvalue weighted by Crippen LogP contribution is -2.19. The van der Waals surface area contributed by atoms with Gasteiger partial charge >= 0.3 is 0 Å². The van der Waals surface area contributed by atoms with Crippen LogP contribution in [-0.2, 0) is 10.3 Å². The molecule has 78 valence electrons. The van der Waals surface area contributed by atoms with Crippen molar-refractivity contribution < 1.29 is 4.74 Å². The van der Waals surface area contributed by atoms with Gasteiger partial charge in [0.05, 0.1) is 5.60 Å². The molecule has 0 amide bonds. The third-order valence-corrected chi connectivity index (χ3v) is 2.76. The van der Waals surface area contributed by atoms with E-state index in [1.165, 1.54) is 11.1 Å². The average Bonchev–Trinajstić information content (AvgIpc) is 2.18. The largest absolute Gasteiger partial charge is 0.374 e. The maximum atomic E-state index is 5.46. The Morgan fingerprint density at radius 2 is 1.86 bits per heavy atom. The Morgan fingerprint density at radius 3 is 2.36 bits per heavy atom. The Hall–Kier alpha value is -0.820. The minimum atomic E-state index is -0.190. The molecule has 1 rings (SSSR count). The molecule has 1 aromatic carbocycles. The molecule has 0 atom stereocenters. The molecular weight excluding hydrogens is 172 g/mol. The fourth-order valence-electron chi connectivity index (χ4n) is 1.39. The zero-order valence-electron chi connectivity index (χ0n) is 9.79. The fraction of sp³-hybridized carbons (Fsp3) is 0.538. The predicted octanol–water partition coefficient (Wildman–Crippen LogP) is 3.69. The molecule has 1 nitrogen and oxygen atoms in total. The van der Waals surface area contributed by atoms with Crippen LogP contribution in [0.5, 0.6) is 0 Å². The molecule has 0 N–H and O–H groups in total. The van der Waals surface area contributed by atoms with Crippen LogP contribution in [0.15, 0.2) is 24.3 Å². The summed E-state index contributed by atoms with van der Waals surface area (Å²) in [6, 6.07) is 8.62. The summed E-state index contributed by atoms with van der Waals surface area (Å²) in [4.78, 5) is 0. The van der Waals surface area contributed by atoms with E-state index in [0.717, 1.165) is 0 Å². The zero-order chi connectivity index (χ0) is 10.8. The Balaban J connectivity index is 3.05. The predicted molar refractivity (Wildman–Crippen MR) is 60.6 cm³/mol. The highest BCUT2D eigenvalue weighted by Crippen LogP contribution is 2.26. The van der Waals surface area contributed by atoms with Crippen LogP contribution in [0.2, 0.25) is 0 Å². The van der Waals surface area contributed by atoms with Gasteiger partial charge in [0, 0.05) is 7.11 Å². The molecule has 0 aromatic heterocycles. The molecule has 0 saturated heterocycles. The lowest BCUT2D eigenvalue weighted by Gasteiger charge is -2.24. The SMILES string of the molecule is COC(C)(C)c1cccc(C(C)C)c1. The van der Waals surface area contributed by atoms with Crippen molar-refractivity contribution in [3.05, 3.63) is 35.4 Å². The smallest absolute Gasteiger partial charge is 0.0871 e. The lowest BCUT2D eigenvalue weighted by molar-refractivity contribution is 0.0191. The normalized spacial score (nSPS) is 12.1. The molecule has 0 aliphatic rings. The van der Waals surface area contributed by atoms with Crippen molar-refractivity contribution in [2.75, 3.05) is 7.11 Å². The molecule has 0 saturated carbocycles. The van der Waals surface area contributed by atoms with E-state index in [2.05, 4.69) is 52.0 Å². The van der Waals surface area contributed by atoms with E-state index < -0.39 is 0 Å². The van der Waals surface area contributed by atoms with Crippen LogP contribution in [0.1, 0.15) is 44.7 Å². The Labute approximate surface area is 87.1 Å². The van der Waals surface area contributed by atoms with Crippen molar-refractivity contribution in [3.8, 4) is 0 Å². The summed E-state index contributed by atoms with van der Waals surface area (Å²) >= 11 is 0. The summed E-state index contributed by atoms with van der Waals surface area (Å²) in [6.45, 7) is 8.59. The quantitative estimate of drug-likeness (QED) is 0.709. The molecular formula is C13H20O. The highest BCUT2D eigenvalue weighted by molar-refractivity contribution is 5.29. The lowest BCUT2D eigenvalue weighted by atomic mass is 9.93. The molecule has 0 bridgehead atoms. The molecule has 1 heteroatoms. The van der Waals surface area contributed by atoms with Gasteiger partial charge in [0.25, 0.3) is 0 Å². The number of methoxy groups -OCH3 is 1. The monoisotopic (exact) mass is 192 g/mol. The van der Waals surface area contributed by atoms with Crippen molar-refractivity contribution >= 4 is 0 Å². The Kier molecular flexibility index (Phi) is 3.33. The van der Waals surface area contributed by atoms with Crippen LogP contribution in [-0.4, -0.2) is 7.11 Å². The van der Waals surface area contributed by atoms with Crippen LogP contribution in [0.4, 0.5) is 0 Å². The van der Waals surface area contributed by atoms with Crippen LogP contribution in [0.3, 0.4) is 0 Å². The van der Waals surface area contributed by atoms with Gasteiger partial charge in [-0.1, -0.05) is 38.1 Å². The Morgan fingerprint density at radius 1 is 1.21 bits per heavy atom. The molecule has 0 aliphatic carbocycles. The van der Waals surface area contributed by atoms with E-state index in [0.29, 0.717) is 5.92 Å². The van der Waals surface area contributed by atoms with E-state index in [-0.39, 0.29) is 5.60 Å². The summed E-state index contributed by atoms with van der Waals surface area (Å²) in [5.74, 6) is 0.572. The first kappa shape index (κ1) is 11.3. The minimum Gasteiger partial charge on any atom is -0.374 e. The van der Waals surface area contributed by atoms with Crippen molar-refractivity contribution in [1.29, 1.82) is 0 Å². The zero-order valence-corrected chi connectivity index (χ0v) is 9.79. The van der Waals surface area contributed by atoms with Gasteiger partial charge < -0.3 is 4.74 Å². The van der Waals surface area contributed by atoms with E-state index >= 15 is 0 Å². The first-order valence-corrected chi connectivity index (χ1v) is 5.13. The van der Waals surface area contributed by atoms with E-state index in [1.54, 1.807) is 7.11 Å². The highest BCUT2D eigenvalue weighted by atomic mass is 16.5. The summed E-state index contributed by atoms with van der Waals surface area (Å²) < 4.78 is 5.46. The average molecular weight is 192 g/mol. The van der Waals surface area contributed by atoms with E-state index in [9.17, 15) is 0 Å². The van der Waals surface area contributed by atoms with Crippen molar-refractivity contribution in [1.82, 2.24) is 0 Å². The van der Waals surface area contributed by atoms with Crippen LogP contribution in [0.25, 0.3) is 0 Å². The number of benzene rings is 1. The van der Waals surface area contributed by atoms with Crippen molar-refractivity contribution in [2.45, 2.75) is 39.2 Å². The fourth-order valence-corrected chi connectivity index (χ4v) is 1.39. The summed E-state index contributed by atoms with van der Waals surface area (Å²) in [6.07, 6.45) is 0. The van der Waals surface area contributed by atoms with Gasteiger partial charge in [-0.3, -0.25) is 0 Å². The van der Waals surface area contributed by atoms with Crippen LogP contribution in [0, 0.1) is 0 Å². The van der Waals surface area contributed by atoms with Gasteiger partial charge in [0.1, 0.15) is 0 Å². The first-order valence-electron chi connectivity index (χ1n) is 5.13. The van der Waals surface area contributed by atoms with Gasteiger partial charge in [-0.05, 0) is 30.9 Å². The van der Waals surface area contributed by atoms with Gasteiger partial charge in [-0.15, -0.1) is 0 Å². The van der Waals surface area contributed by atoms with E-state index in [1.807, 2.05) is 0 Å².